The van der Waals surface area contributed by atoms with E-state index in [2.05, 4.69) is 15.3 Å². The van der Waals surface area contributed by atoms with Gasteiger partial charge >= 0.3 is 5.97 Å². The number of carbonyl (C=O) groups excluding carboxylic acids is 1. The van der Waals surface area contributed by atoms with Crippen molar-refractivity contribution in [2.24, 2.45) is 10.3 Å². The van der Waals surface area contributed by atoms with Crippen LogP contribution in [0.5, 0.6) is 0 Å². The Hall–Kier alpha value is -3.36. The van der Waals surface area contributed by atoms with E-state index in [0.717, 1.165) is 5.56 Å². The van der Waals surface area contributed by atoms with Gasteiger partial charge in [0, 0.05) is 11.1 Å². The first kappa shape index (κ1) is 21.9. The van der Waals surface area contributed by atoms with Crippen molar-refractivity contribution in [3.05, 3.63) is 64.5 Å². The number of carbonyl (C=O) groups is 1. The van der Waals surface area contributed by atoms with Gasteiger partial charge in [-0.1, -0.05) is 34.6 Å². The van der Waals surface area contributed by atoms with Crippen LogP contribution in [0.15, 0.2) is 46.7 Å². The largest absolute Gasteiger partial charge is 0.464 e. The molecule has 9 heteroatoms. The van der Waals surface area contributed by atoms with Crippen molar-refractivity contribution in [3.63, 3.8) is 0 Å². The predicted molar refractivity (Wildman–Crippen MR) is 103 cm³/mol. The molecule has 1 aromatic carbocycles. The molecule has 0 radical (unpaired) electrons. The van der Waals surface area contributed by atoms with Crippen molar-refractivity contribution in [2.45, 2.75) is 26.9 Å². The lowest BCUT2D eigenvalue weighted by molar-refractivity contribution is -0.132. The van der Waals surface area contributed by atoms with Gasteiger partial charge in [0.05, 0.1) is 12.8 Å². The summed E-state index contributed by atoms with van der Waals surface area (Å²) >= 11 is 0. The molecule has 2 rings (SSSR count). The Balaban J connectivity index is 2.27. The zero-order valence-corrected chi connectivity index (χ0v) is 16.5. The molecule has 1 heterocycles. The van der Waals surface area contributed by atoms with Gasteiger partial charge in [-0.25, -0.2) is 18.6 Å². The van der Waals surface area contributed by atoms with E-state index in [0.29, 0.717) is 16.8 Å². The Bertz CT molecular complexity index is 930. The first-order valence-electron chi connectivity index (χ1n) is 8.59. The number of alkyl halides is 2. The third-order valence-electron chi connectivity index (χ3n) is 4.00. The minimum absolute atomic E-state index is 0.00755. The summed E-state index contributed by atoms with van der Waals surface area (Å²) in [6.07, 6.45) is -2.67. The number of ether oxygens (including phenoxy) is 1. The Morgan fingerprint density at radius 2 is 1.86 bits per heavy atom. The van der Waals surface area contributed by atoms with Gasteiger partial charge in [-0.2, -0.15) is 0 Å². The van der Waals surface area contributed by atoms with Gasteiger partial charge in [-0.15, -0.1) is 0 Å². The minimum atomic E-state index is -2.67. The third kappa shape index (κ3) is 5.56. The van der Waals surface area contributed by atoms with E-state index in [1.165, 1.54) is 26.4 Å². The highest BCUT2D eigenvalue weighted by Gasteiger charge is 2.20. The molecule has 2 aromatic rings. The van der Waals surface area contributed by atoms with E-state index in [9.17, 15) is 13.6 Å². The lowest BCUT2D eigenvalue weighted by Crippen LogP contribution is -2.20. The fraction of sp³-hybridized carbons (Fsp3) is 0.300. The average molecular weight is 405 g/mol. The number of oxime groups is 2. The second-order valence-electron chi connectivity index (χ2n) is 5.91. The molecule has 0 aliphatic rings. The maximum atomic E-state index is 12.8. The van der Waals surface area contributed by atoms with Crippen LogP contribution in [0, 0.1) is 6.92 Å². The van der Waals surface area contributed by atoms with Crippen LogP contribution in [0.3, 0.4) is 0 Å². The summed E-state index contributed by atoms with van der Waals surface area (Å²) in [5, 5.41) is 7.72. The molecular weight excluding hydrogens is 384 g/mol. The first-order chi connectivity index (χ1) is 13.9. The molecule has 0 aliphatic carbocycles. The molecule has 0 fully saturated rings. The maximum absolute atomic E-state index is 12.8. The van der Waals surface area contributed by atoms with Crippen LogP contribution in [0.1, 0.15) is 41.4 Å². The number of benzene rings is 1. The lowest BCUT2D eigenvalue weighted by Gasteiger charge is -2.12. The molecule has 0 atom stereocenters. The van der Waals surface area contributed by atoms with Gasteiger partial charge in [0.15, 0.2) is 5.71 Å². The number of aromatic nitrogens is 1. The monoisotopic (exact) mass is 405 g/mol. The number of esters is 1. The number of nitrogens with zero attached hydrogens (tertiary/aromatic N) is 3. The van der Waals surface area contributed by atoms with Gasteiger partial charge < -0.3 is 14.4 Å². The minimum Gasteiger partial charge on any atom is -0.464 e. The summed E-state index contributed by atoms with van der Waals surface area (Å²) in [4.78, 5) is 26.1. The van der Waals surface area contributed by atoms with Crippen LogP contribution in [-0.2, 0) is 25.8 Å². The van der Waals surface area contributed by atoms with Crippen molar-refractivity contribution < 1.29 is 28.0 Å². The van der Waals surface area contributed by atoms with E-state index in [1.807, 2.05) is 13.0 Å². The highest BCUT2D eigenvalue weighted by atomic mass is 19.3. The van der Waals surface area contributed by atoms with Gasteiger partial charge in [0.25, 0.3) is 6.43 Å². The molecule has 0 N–H and O–H groups in total. The van der Waals surface area contributed by atoms with Crippen molar-refractivity contribution in [2.75, 3.05) is 14.2 Å². The van der Waals surface area contributed by atoms with E-state index in [4.69, 9.17) is 14.4 Å². The molecule has 0 unspecified atom stereocenters. The number of hydrogen-bond acceptors (Lipinski definition) is 7. The smallest absolute Gasteiger partial charge is 0.360 e. The molecule has 0 spiro atoms. The normalized spacial score (nSPS) is 12.1. The Kier molecular flexibility index (Phi) is 7.76. The summed E-state index contributed by atoms with van der Waals surface area (Å²) in [6, 6.07) is 9.57. The molecule has 0 amide bonds. The molecule has 0 bridgehead atoms. The summed E-state index contributed by atoms with van der Waals surface area (Å²) < 4.78 is 30.4. The highest BCUT2D eigenvalue weighted by molar-refractivity contribution is 6.43. The molecule has 29 heavy (non-hydrogen) atoms. The molecule has 0 aliphatic heterocycles. The number of aryl methyl sites for hydroxylation is 1. The second kappa shape index (κ2) is 10.3. The number of hydrogen-bond donors (Lipinski definition) is 0. The fourth-order valence-electron chi connectivity index (χ4n) is 2.52. The molecular formula is C20H21F2N3O4. The van der Waals surface area contributed by atoms with Gasteiger partial charge in [-0.05, 0) is 31.5 Å². The average Bonchev–Trinajstić information content (AvgIpc) is 2.72. The molecule has 0 saturated carbocycles. The number of halogens is 2. The highest BCUT2D eigenvalue weighted by Crippen LogP contribution is 2.19. The van der Waals surface area contributed by atoms with Crippen molar-refractivity contribution >= 4 is 17.4 Å². The molecule has 154 valence electrons. The number of rotatable bonds is 8. The summed E-state index contributed by atoms with van der Waals surface area (Å²) in [5.41, 5.74) is 2.23. The van der Waals surface area contributed by atoms with E-state index in [-0.39, 0.29) is 23.7 Å². The Morgan fingerprint density at radius 1 is 1.14 bits per heavy atom. The Morgan fingerprint density at radius 3 is 2.52 bits per heavy atom. The summed E-state index contributed by atoms with van der Waals surface area (Å²) in [6.45, 7) is 3.45. The van der Waals surface area contributed by atoms with Crippen LogP contribution >= 0.6 is 0 Å². The van der Waals surface area contributed by atoms with Crippen LogP contribution < -0.4 is 0 Å². The molecule has 1 aromatic heterocycles. The van der Waals surface area contributed by atoms with E-state index < -0.39 is 12.4 Å². The summed E-state index contributed by atoms with van der Waals surface area (Å²) in [5.74, 6) is -0.661. The molecule has 7 nitrogen and oxygen atoms in total. The lowest BCUT2D eigenvalue weighted by atomic mass is 9.99. The predicted octanol–water partition coefficient (Wildman–Crippen LogP) is 3.79. The van der Waals surface area contributed by atoms with E-state index >= 15 is 0 Å². The topological polar surface area (TPSA) is 82.4 Å². The van der Waals surface area contributed by atoms with Crippen LogP contribution in [0.4, 0.5) is 8.78 Å². The van der Waals surface area contributed by atoms with Crippen molar-refractivity contribution in [1.82, 2.24) is 4.98 Å². The number of methoxy groups -OCH3 is 1. The van der Waals surface area contributed by atoms with Gasteiger partial charge in [-0.3, -0.25) is 0 Å². The van der Waals surface area contributed by atoms with Gasteiger partial charge in [0.2, 0.25) is 0 Å². The fourth-order valence-corrected chi connectivity index (χ4v) is 2.52. The zero-order valence-electron chi connectivity index (χ0n) is 16.5. The zero-order chi connectivity index (χ0) is 21.4. The quantitative estimate of drug-likeness (QED) is 0.379. The third-order valence-corrected chi connectivity index (χ3v) is 4.00. The second-order valence-corrected chi connectivity index (χ2v) is 5.91. The van der Waals surface area contributed by atoms with Gasteiger partial charge in [0.1, 0.15) is 25.1 Å². The summed E-state index contributed by atoms with van der Waals surface area (Å²) in [7, 11) is 2.57. The first-order valence-corrected chi connectivity index (χ1v) is 8.59. The van der Waals surface area contributed by atoms with Crippen LogP contribution in [-0.4, -0.2) is 36.6 Å². The van der Waals surface area contributed by atoms with Crippen LogP contribution in [0.25, 0.3) is 0 Å². The van der Waals surface area contributed by atoms with Crippen molar-refractivity contribution in [3.8, 4) is 0 Å². The Labute approximate surface area is 167 Å². The maximum Gasteiger partial charge on any atom is 0.360 e. The van der Waals surface area contributed by atoms with E-state index in [1.54, 1.807) is 25.1 Å². The van der Waals surface area contributed by atoms with Crippen molar-refractivity contribution in [1.29, 1.82) is 0 Å². The van der Waals surface area contributed by atoms with Crippen LogP contribution in [0.2, 0.25) is 0 Å². The number of pyridine rings is 1. The SMILES string of the molecule is CO/N=C(/C(=O)OC)c1cccc(C)c1CO/N=C(\C)c1cccc(C(F)F)n1. The molecule has 0 saturated heterocycles. The standard InChI is InChI=1S/C20H21F2N3O4/c1-12-7-5-8-14(18(25-28-4)20(26)27-3)15(12)11-29-24-13(2)16-9-6-10-17(23-16)19(21)22/h5-10,19H,11H2,1-4H3/b24-13+,25-18+.